The summed E-state index contributed by atoms with van der Waals surface area (Å²) >= 11 is 0. The first-order chi connectivity index (χ1) is 8.63. The van der Waals surface area contributed by atoms with Crippen molar-refractivity contribution in [1.29, 1.82) is 5.26 Å². The Hall–Kier alpha value is -1.29. The lowest BCUT2D eigenvalue weighted by atomic mass is 9.97. The summed E-state index contributed by atoms with van der Waals surface area (Å²) in [5.41, 5.74) is -0.622. The Morgan fingerprint density at radius 2 is 1.89 bits per heavy atom. The van der Waals surface area contributed by atoms with Crippen LogP contribution in [-0.4, -0.2) is 37.7 Å². The molecule has 2 unspecified atom stereocenters. The van der Waals surface area contributed by atoms with Crippen LogP contribution in [0.5, 0.6) is 0 Å². The highest BCUT2D eigenvalue weighted by atomic mass is 32.2. The lowest BCUT2D eigenvalue weighted by Gasteiger charge is -2.24. The van der Waals surface area contributed by atoms with Crippen LogP contribution in [0, 0.1) is 17.2 Å². The smallest absolute Gasteiger partial charge is 0.407 e. The number of amides is 1. The molecule has 1 aliphatic heterocycles. The average Bonchev–Trinajstić information content (AvgIpc) is 2.36. The van der Waals surface area contributed by atoms with E-state index in [0.717, 1.165) is 0 Å². The Balaban J connectivity index is 2.70. The monoisotopic (exact) mass is 288 g/mol. The molecule has 19 heavy (non-hydrogen) atoms. The van der Waals surface area contributed by atoms with E-state index in [0.29, 0.717) is 0 Å². The molecule has 0 bridgehead atoms. The molecule has 0 radical (unpaired) electrons. The lowest BCUT2D eigenvalue weighted by Crippen LogP contribution is -2.42. The third-order valence-electron chi connectivity index (χ3n) is 2.83. The molecule has 0 aromatic heterocycles. The summed E-state index contributed by atoms with van der Waals surface area (Å²) in [5, 5.41) is 11.7. The summed E-state index contributed by atoms with van der Waals surface area (Å²) in [6, 6.07) is 1.59. The second-order valence-electron chi connectivity index (χ2n) is 5.72. The van der Waals surface area contributed by atoms with Gasteiger partial charge in [0.05, 0.1) is 23.5 Å². The van der Waals surface area contributed by atoms with Crippen molar-refractivity contribution in [3.63, 3.8) is 0 Å². The minimum atomic E-state index is -3.11. The van der Waals surface area contributed by atoms with Crippen molar-refractivity contribution < 1.29 is 17.9 Å². The van der Waals surface area contributed by atoms with Crippen LogP contribution in [0.2, 0.25) is 0 Å². The molecule has 1 amide bonds. The molecule has 1 saturated heterocycles. The molecule has 0 saturated carbocycles. The summed E-state index contributed by atoms with van der Waals surface area (Å²) < 4.78 is 28.2. The van der Waals surface area contributed by atoms with E-state index in [1.54, 1.807) is 20.8 Å². The van der Waals surface area contributed by atoms with E-state index in [9.17, 15) is 13.2 Å². The van der Waals surface area contributed by atoms with Gasteiger partial charge in [-0.25, -0.2) is 13.2 Å². The minimum Gasteiger partial charge on any atom is -0.444 e. The second-order valence-corrected chi connectivity index (χ2v) is 8.02. The third kappa shape index (κ3) is 5.47. The maximum absolute atomic E-state index is 11.7. The van der Waals surface area contributed by atoms with Crippen LogP contribution < -0.4 is 5.32 Å². The van der Waals surface area contributed by atoms with Crippen molar-refractivity contribution in [3.8, 4) is 6.07 Å². The normalized spacial score (nSPS) is 26.8. The van der Waals surface area contributed by atoms with Crippen molar-refractivity contribution in [3.05, 3.63) is 0 Å². The highest BCUT2D eigenvalue weighted by Gasteiger charge is 2.31. The minimum absolute atomic E-state index is 0.00226. The number of nitrogens with one attached hydrogen (secondary N) is 1. The van der Waals surface area contributed by atoms with Crippen LogP contribution in [0.1, 0.15) is 33.6 Å². The topological polar surface area (TPSA) is 96.3 Å². The molecular formula is C12H20N2O4S. The van der Waals surface area contributed by atoms with Gasteiger partial charge >= 0.3 is 6.09 Å². The van der Waals surface area contributed by atoms with E-state index in [-0.39, 0.29) is 24.3 Å². The number of ether oxygens (including phenoxy) is 1. The van der Waals surface area contributed by atoms with Gasteiger partial charge in [0.2, 0.25) is 0 Å². The molecule has 0 aromatic carbocycles. The van der Waals surface area contributed by atoms with E-state index in [4.69, 9.17) is 10.00 Å². The number of alkyl carbamates (subject to hydrolysis) is 1. The van der Waals surface area contributed by atoms with Crippen molar-refractivity contribution in [1.82, 2.24) is 5.32 Å². The molecule has 6 nitrogen and oxygen atoms in total. The van der Waals surface area contributed by atoms with Crippen molar-refractivity contribution in [2.45, 2.75) is 45.3 Å². The van der Waals surface area contributed by atoms with Gasteiger partial charge in [-0.05, 0) is 33.6 Å². The Kier molecular flexibility index (Phi) is 4.80. The maximum Gasteiger partial charge on any atom is 0.407 e. The number of sulfone groups is 1. The van der Waals surface area contributed by atoms with E-state index >= 15 is 0 Å². The summed E-state index contributed by atoms with van der Waals surface area (Å²) in [6.07, 6.45) is -0.115. The molecule has 0 aromatic rings. The average molecular weight is 288 g/mol. The van der Waals surface area contributed by atoms with E-state index in [2.05, 4.69) is 11.4 Å². The van der Waals surface area contributed by atoms with Crippen molar-refractivity contribution >= 4 is 15.9 Å². The van der Waals surface area contributed by atoms with Gasteiger partial charge < -0.3 is 10.1 Å². The number of hydrogen-bond acceptors (Lipinski definition) is 5. The Morgan fingerprint density at radius 3 is 2.42 bits per heavy atom. The highest BCUT2D eigenvalue weighted by Crippen LogP contribution is 2.19. The zero-order valence-corrected chi connectivity index (χ0v) is 12.3. The van der Waals surface area contributed by atoms with E-state index < -0.39 is 33.5 Å². The fourth-order valence-electron chi connectivity index (χ4n) is 1.90. The van der Waals surface area contributed by atoms with E-state index in [1.807, 2.05) is 0 Å². The Morgan fingerprint density at radius 1 is 1.32 bits per heavy atom. The highest BCUT2D eigenvalue weighted by molar-refractivity contribution is 7.91. The van der Waals surface area contributed by atoms with Crippen LogP contribution in [0.4, 0.5) is 4.79 Å². The number of nitriles is 1. The number of hydrogen-bond donors (Lipinski definition) is 1. The van der Waals surface area contributed by atoms with Gasteiger partial charge in [-0.3, -0.25) is 0 Å². The zero-order valence-electron chi connectivity index (χ0n) is 11.5. The zero-order chi connectivity index (χ0) is 14.7. The SMILES string of the molecule is CC(C)(C)OC(=O)NC1CCS(=O)(=O)CCC1C#N. The Labute approximate surface area is 114 Å². The van der Waals surface area contributed by atoms with Gasteiger partial charge in [0, 0.05) is 6.04 Å². The van der Waals surface area contributed by atoms with Gasteiger partial charge in [-0.15, -0.1) is 0 Å². The first-order valence-corrected chi connectivity index (χ1v) is 8.05. The second kappa shape index (κ2) is 5.78. The van der Waals surface area contributed by atoms with Crippen molar-refractivity contribution in [2.75, 3.05) is 11.5 Å². The predicted octanol–water partition coefficient (Wildman–Crippen LogP) is 1.23. The Bertz CT molecular complexity index is 473. The van der Waals surface area contributed by atoms with Crippen LogP contribution in [0.15, 0.2) is 0 Å². The molecule has 1 fully saturated rings. The van der Waals surface area contributed by atoms with Crippen LogP contribution in [0.25, 0.3) is 0 Å². The fourth-order valence-corrected chi connectivity index (χ4v) is 3.33. The molecule has 7 heteroatoms. The molecule has 108 valence electrons. The first kappa shape index (κ1) is 15.8. The largest absolute Gasteiger partial charge is 0.444 e. The van der Waals surface area contributed by atoms with Crippen LogP contribution in [0.3, 0.4) is 0 Å². The number of nitrogens with zero attached hydrogens (tertiary/aromatic N) is 1. The quantitative estimate of drug-likeness (QED) is 0.782. The van der Waals surface area contributed by atoms with Crippen LogP contribution >= 0.6 is 0 Å². The summed E-state index contributed by atoms with van der Waals surface area (Å²) in [5.74, 6) is -0.506. The lowest BCUT2D eigenvalue weighted by molar-refractivity contribution is 0.0492. The molecule has 1 N–H and O–H groups in total. The third-order valence-corrected chi connectivity index (χ3v) is 4.55. The molecule has 0 aliphatic carbocycles. The molecule has 1 aliphatic rings. The standard InChI is InChI=1S/C12H20N2O4S/c1-12(2,3)18-11(15)14-10-5-7-19(16,17)6-4-9(10)8-13/h9-10H,4-7H2,1-3H3,(H,14,15). The van der Waals surface area contributed by atoms with Gasteiger partial charge in [-0.2, -0.15) is 5.26 Å². The molecular weight excluding hydrogens is 268 g/mol. The molecule has 0 spiro atoms. The predicted molar refractivity (Wildman–Crippen MR) is 70.1 cm³/mol. The fraction of sp³-hybridized carbons (Fsp3) is 0.833. The van der Waals surface area contributed by atoms with Gasteiger partial charge in [0.1, 0.15) is 15.4 Å². The number of carbonyl (C=O) groups excluding carboxylic acids is 1. The number of carbonyl (C=O) groups is 1. The molecule has 2 atom stereocenters. The molecule has 1 rings (SSSR count). The summed E-state index contributed by atoms with van der Waals surface area (Å²) in [7, 11) is -3.11. The maximum atomic E-state index is 11.7. The van der Waals surface area contributed by atoms with Crippen LogP contribution in [-0.2, 0) is 14.6 Å². The van der Waals surface area contributed by atoms with Gasteiger partial charge in [0.15, 0.2) is 0 Å². The summed E-state index contributed by atoms with van der Waals surface area (Å²) in [4.78, 5) is 11.7. The number of rotatable bonds is 1. The van der Waals surface area contributed by atoms with E-state index in [1.165, 1.54) is 0 Å². The molecule has 1 heterocycles. The first-order valence-electron chi connectivity index (χ1n) is 6.22. The van der Waals surface area contributed by atoms with Gasteiger partial charge in [-0.1, -0.05) is 0 Å². The van der Waals surface area contributed by atoms with Gasteiger partial charge in [0.25, 0.3) is 0 Å². The van der Waals surface area contributed by atoms with Crippen molar-refractivity contribution in [2.24, 2.45) is 5.92 Å². The summed E-state index contributed by atoms with van der Waals surface area (Å²) in [6.45, 7) is 5.23.